The minimum atomic E-state index is 0. The Labute approximate surface area is 174 Å². The maximum absolute atomic E-state index is 12.5. The normalized spacial score (nSPS) is 21.5. The SMILES string of the molecule is CCNC(=NCCCC(=O)N1CCc2ccccc2C1)NC1CC1C.I. The van der Waals surface area contributed by atoms with Crippen molar-refractivity contribution < 1.29 is 4.79 Å². The Kier molecular flexibility index (Phi) is 8.18. The van der Waals surface area contributed by atoms with Crippen LogP contribution in [0.3, 0.4) is 0 Å². The van der Waals surface area contributed by atoms with Gasteiger partial charge in [-0.25, -0.2) is 0 Å². The van der Waals surface area contributed by atoms with E-state index >= 15 is 0 Å². The lowest BCUT2D eigenvalue weighted by Gasteiger charge is -2.28. The van der Waals surface area contributed by atoms with Gasteiger partial charge in [0.1, 0.15) is 0 Å². The summed E-state index contributed by atoms with van der Waals surface area (Å²) < 4.78 is 0. The zero-order chi connectivity index (χ0) is 17.6. The molecular weight excluding hydrogens is 439 g/mol. The molecule has 1 aromatic rings. The third-order valence-electron chi connectivity index (χ3n) is 5.08. The van der Waals surface area contributed by atoms with Gasteiger partial charge < -0.3 is 15.5 Å². The Balaban J connectivity index is 0.00000243. The van der Waals surface area contributed by atoms with Crippen LogP contribution in [0.15, 0.2) is 29.3 Å². The molecule has 0 bridgehead atoms. The number of hydrogen-bond donors (Lipinski definition) is 2. The molecule has 1 saturated carbocycles. The Morgan fingerprint density at radius 2 is 2.04 bits per heavy atom. The number of amides is 1. The molecule has 2 aliphatic rings. The molecule has 5 nitrogen and oxygen atoms in total. The van der Waals surface area contributed by atoms with Crippen LogP contribution in [-0.2, 0) is 17.8 Å². The summed E-state index contributed by atoms with van der Waals surface area (Å²) in [5.74, 6) is 1.88. The van der Waals surface area contributed by atoms with Crippen molar-refractivity contribution in [2.45, 2.75) is 52.1 Å². The summed E-state index contributed by atoms with van der Waals surface area (Å²) >= 11 is 0. The molecule has 3 rings (SSSR count). The van der Waals surface area contributed by atoms with Crippen LogP contribution in [0.5, 0.6) is 0 Å². The molecule has 1 aromatic carbocycles. The van der Waals surface area contributed by atoms with E-state index in [1.165, 1.54) is 17.5 Å². The average Bonchev–Trinajstić information content (AvgIpc) is 3.32. The Hall–Kier alpha value is -1.31. The molecule has 1 aliphatic heterocycles. The third-order valence-corrected chi connectivity index (χ3v) is 5.08. The second-order valence-corrected chi connectivity index (χ2v) is 7.16. The summed E-state index contributed by atoms with van der Waals surface area (Å²) in [7, 11) is 0. The Morgan fingerprint density at radius 3 is 2.73 bits per heavy atom. The summed E-state index contributed by atoms with van der Waals surface area (Å²) in [6.45, 7) is 7.46. The molecule has 2 unspecified atom stereocenters. The number of carbonyl (C=O) groups excluding carboxylic acids is 1. The molecule has 144 valence electrons. The number of hydrogen-bond acceptors (Lipinski definition) is 2. The van der Waals surface area contributed by atoms with E-state index in [1.807, 2.05) is 4.90 Å². The third kappa shape index (κ3) is 5.86. The van der Waals surface area contributed by atoms with Crippen molar-refractivity contribution in [1.82, 2.24) is 15.5 Å². The predicted octanol–water partition coefficient (Wildman–Crippen LogP) is 2.93. The molecule has 0 spiro atoms. The molecule has 26 heavy (non-hydrogen) atoms. The lowest BCUT2D eigenvalue weighted by atomic mass is 9.99. The van der Waals surface area contributed by atoms with Gasteiger partial charge in [-0.15, -0.1) is 24.0 Å². The van der Waals surface area contributed by atoms with Crippen LogP contribution in [0, 0.1) is 5.92 Å². The van der Waals surface area contributed by atoms with Crippen LogP contribution in [-0.4, -0.2) is 42.4 Å². The van der Waals surface area contributed by atoms with E-state index in [1.54, 1.807) is 0 Å². The van der Waals surface area contributed by atoms with Crippen LogP contribution in [0.4, 0.5) is 0 Å². The Bertz CT molecular complexity index is 634. The molecule has 0 saturated heterocycles. The number of halogens is 1. The van der Waals surface area contributed by atoms with Crippen LogP contribution in [0.1, 0.15) is 44.2 Å². The van der Waals surface area contributed by atoms with Gasteiger partial charge in [-0.2, -0.15) is 0 Å². The van der Waals surface area contributed by atoms with Gasteiger partial charge in [0.25, 0.3) is 0 Å². The monoisotopic (exact) mass is 470 g/mol. The number of nitrogens with one attached hydrogen (secondary N) is 2. The molecular formula is C20H31IN4O. The van der Waals surface area contributed by atoms with E-state index in [9.17, 15) is 4.79 Å². The first-order chi connectivity index (χ1) is 12.2. The Morgan fingerprint density at radius 1 is 1.31 bits per heavy atom. The summed E-state index contributed by atoms with van der Waals surface area (Å²) in [4.78, 5) is 19.0. The van der Waals surface area contributed by atoms with Gasteiger partial charge in [0.15, 0.2) is 5.96 Å². The first kappa shape index (κ1) is 21.0. The molecule has 6 heteroatoms. The highest BCUT2D eigenvalue weighted by Crippen LogP contribution is 2.28. The van der Waals surface area contributed by atoms with Gasteiger partial charge in [0.2, 0.25) is 5.91 Å². The highest BCUT2D eigenvalue weighted by atomic mass is 127. The zero-order valence-corrected chi connectivity index (χ0v) is 18.2. The van der Waals surface area contributed by atoms with E-state index in [2.05, 4.69) is 53.7 Å². The smallest absolute Gasteiger partial charge is 0.222 e. The number of guanidine groups is 1. The highest BCUT2D eigenvalue weighted by Gasteiger charge is 2.33. The molecule has 0 radical (unpaired) electrons. The minimum Gasteiger partial charge on any atom is -0.357 e. The van der Waals surface area contributed by atoms with E-state index in [0.717, 1.165) is 44.4 Å². The van der Waals surface area contributed by atoms with Gasteiger partial charge in [-0.05, 0) is 43.2 Å². The topological polar surface area (TPSA) is 56.7 Å². The molecule has 1 amide bonds. The second-order valence-electron chi connectivity index (χ2n) is 7.16. The number of benzene rings is 1. The molecule has 0 aromatic heterocycles. The summed E-state index contributed by atoms with van der Waals surface area (Å²) in [5, 5.41) is 6.73. The first-order valence-corrected chi connectivity index (χ1v) is 9.56. The first-order valence-electron chi connectivity index (χ1n) is 9.56. The van der Waals surface area contributed by atoms with E-state index < -0.39 is 0 Å². The van der Waals surface area contributed by atoms with Crippen molar-refractivity contribution in [3.05, 3.63) is 35.4 Å². The lowest BCUT2D eigenvalue weighted by molar-refractivity contribution is -0.132. The summed E-state index contributed by atoms with van der Waals surface area (Å²) in [6, 6.07) is 8.99. The minimum absolute atomic E-state index is 0. The van der Waals surface area contributed by atoms with Gasteiger partial charge in [-0.1, -0.05) is 31.2 Å². The number of carbonyl (C=O) groups is 1. The maximum atomic E-state index is 12.5. The van der Waals surface area contributed by atoms with Crippen molar-refractivity contribution in [3.8, 4) is 0 Å². The molecule has 1 heterocycles. The number of aliphatic imine (C=N–C) groups is 1. The number of fused-ring (bicyclic) bond motifs is 1. The van der Waals surface area contributed by atoms with Crippen molar-refractivity contribution in [2.24, 2.45) is 10.9 Å². The van der Waals surface area contributed by atoms with Gasteiger partial charge >= 0.3 is 0 Å². The molecule has 1 fully saturated rings. The molecule has 2 N–H and O–H groups in total. The van der Waals surface area contributed by atoms with Crippen LogP contribution in [0.2, 0.25) is 0 Å². The maximum Gasteiger partial charge on any atom is 0.222 e. The van der Waals surface area contributed by atoms with E-state index in [4.69, 9.17) is 0 Å². The van der Waals surface area contributed by atoms with E-state index in [0.29, 0.717) is 19.0 Å². The quantitative estimate of drug-likeness (QED) is 0.291. The second kappa shape index (κ2) is 10.1. The highest BCUT2D eigenvalue weighted by molar-refractivity contribution is 14.0. The van der Waals surface area contributed by atoms with Crippen molar-refractivity contribution in [3.63, 3.8) is 0 Å². The van der Waals surface area contributed by atoms with Gasteiger partial charge in [0, 0.05) is 38.6 Å². The predicted molar refractivity (Wildman–Crippen MR) is 117 cm³/mol. The fraction of sp³-hybridized carbons (Fsp3) is 0.600. The standard InChI is InChI=1S/C20H30N4O.HI/c1-3-21-20(23-18-13-15(18)2)22-11-6-9-19(25)24-12-10-16-7-4-5-8-17(16)14-24;/h4-5,7-8,15,18H,3,6,9-14H2,1-2H3,(H2,21,22,23);1H. The van der Waals surface area contributed by atoms with Gasteiger partial charge in [0.05, 0.1) is 0 Å². The fourth-order valence-electron chi connectivity index (χ4n) is 3.31. The fourth-order valence-corrected chi connectivity index (χ4v) is 3.31. The lowest BCUT2D eigenvalue weighted by Crippen LogP contribution is -2.39. The molecule has 2 atom stereocenters. The largest absolute Gasteiger partial charge is 0.357 e. The van der Waals surface area contributed by atoms with Crippen molar-refractivity contribution >= 4 is 35.8 Å². The van der Waals surface area contributed by atoms with Crippen molar-refractivity contribution in [1.29, 1.82) is 0 Å². The summed E-state index contributed by atoms with van der Waals surface area (Å²) in [5.41, 5.74) is 2.67. The van der Waals surface area contributed by atoms with E-state index in [-0.39, 0.29) is 29.9 Å². The van der Waals surface area contributed by atoms with Crippen molar-refractivity contribution in [2.75, 3.05) is 19.6 Å². The van der Waals surface area contributed by atoms with Crippen LogP contribution < -0.4 is 10.6 Å². The average molecular weight is 470 g/mol. The van der Waals surface area contributed by atoms with Crippen LogP contribution >= 0.6 is 24.0 Å². The van der Waals surface area contributed by atoms with Crippen LogP contribution in [0.25, 0.3) is 0 Å². The van der Waals surface area contributed by atoms with Gasteiger partial charge in [-0.3, -0.25) is 9.79 Å². The zero-order valence-electron chi connectivity index (χ0n) is 15.8. The summed E-state index contributed by atoms with van der Waals surface area (Å²) in [6.07, 6.45) is 3.56. The molecule has 1 aliphatic carbocycles. The number of rotatable bonds is 6. The number of nitrogens with zero attached hydrogens (tertiary/aromatic N) is 2.